The number of nitrogens with one attached hydrogen (secondary N) is 2. The van der Waals surface area contributed by atoms with Crippen molar-refractivity contribution in [1.82, 2.24) is 20.2 Å². The Labute approximate surface area is 334 Å². The lowest BCUT2D eigenvalue weighted by Crippen LogP contribution is -2.50. The second-order valence-corrected chi connectivity index (χ2v) is 14.6. The molecule has 12 nitrogen and oxygen atoms in total. The summed E-state index contributed by atoms with van der Waals surface area (Å²) in [5, 5.41) is 15.5. The zero-order valence-electron chi connectivity index (χ0n) is 32.1. The third-order valence-electron chi connectivity index (χ3n) is 10.6. The number of aromatic nitrogens is 2. The Morgan fingerprint density at radius 2 is 1.46 bits per heavy atom. The number of amides is 2. The molecule has 3 heterocycles. The van der Waals surface area contributed by atoms with Gasteiger partial charge in [-0.3, -0.25) is 14.5 Å². The van der Waals surface area contributed by atoms with Crippen molar-refractivity contribution < 1.29 is 24.2 Å². The highest BCUT2D eigenvalue weighted by Gasteiger charge is 2.34. The number of carbonyl (C=O) groups is 2. The Kier molecular flexibility index (Phi) is 13.5. The van der Waals surface area contributed by atoms with Crippen LogP contribution in [0.2, 0.25) is 0 Å². The number of nitrogens with two attached hydrogens (primary N) is 1. The molecular formula is C45H51N7O5. The number of aliphatic hydroxyl groups excluding tert-OH is 1. The minimum Gasteiger partial charge on any atom is -0.397 e. The van der Waals surface area contributed by atoms with Crippen LogP contribution in [-0.2, 0) is 32.2 Å². The van der Waals surface area contributed by atoms with Crippen LogP contribution >= 0.6 is 0 Å². The van der Waals surface area contributed by atoms with Crippen LogP contribution in [0.5, 0.6) is 0 Å². The predicted molar refractivity (Wildman–Crippen MR) is 221 cm³/mol. The standard InChI is InChI=1S/C45H51N7O5/c46-39-10-3-4-11-40(39)50-43(55)13-6-5-12-42(54)49-29-36-8-1-2-9-38(36)33-18-20-35(21-19-33)44-56-37(28-41(57-44)34-16-14-32(31-53)15-17-34)30-51-24-26-52(27-25-51)45-47-22-7-23-48-45/h1-4,7-11,14-23,37,41,44,53H,5-6,12-13,24-31,46H2,(H,49,54)(H,50,55). The molecule has 0 saturated carbocycles. The predicted octanol–water partition coefficient (Wildman–Crippen LogP) is 6.40. The fourth-order valence-corrected chi connectivity index (χ4v) is 7.36. The first-order chi connectivity index (χ1) is 27.9. The van der Waals surface area contributed by atoms with Gasteiger partial charge in [0, 0.05) is 76.5 Å². The molecule has 2 amide bonds. The van der Waals surface area contributed by atoms with Crippen LogP contribution in [0.25, 0.3) is 11.1 Å². The van der Waals surface area contributed by atoms with Gasteiger partial charge in [0.2, 0.25) is 17.8 Å². The van der Waals surface area contributed by atoms with Gasteiger partial charge >= 0.3 is 0 Å². The van der Waals surface area contributed by atoms with Crippen LogP contribution in [0.15, 0.2) is 116 Å². The minimum atomic E-state index is -0.559. The van der Waals surface area contributed by atoms with E-state index in [2.05, 4.69) is 60.7 Å². The summed E-state index contributed by atoms with van der Waals surface area (Å²) >= 11 is 0. The normalized spacial score (nSPS) is 18.5. The number of hydrogen-bond acceptors (Lipinski definition) is 10. The molecule has 3 unspecified atom stereocenters. The fraction of sp³-hybridized carbons (Fsp3) is 0.333. The number of aliphatic hydroxyl groups is 1. The minimum absolute atomic E-state index is 0.00397. The molecule has 1 aromatic heterocycles. The van der Waals surface area contributed by atoms with Gasteiger partial charge in [-0.05, 0) is 58.9 Å². The third kappa shape index (κ3) is 10.8. The van der Waals surface area contributed by atoms with Gasteiger partial charge in [0.15, 0.2) is 6.29 Å². The highest BCUT2D eigenvalue weighted by molar-refractivity contribution is 5.93. The summed E-state index contributed by atoms with van der Waals surface area (Å²) in [6.45, 7) is 4.64. The Bertz CT molecular complexity index is 2060. The van der Waals surface area contributed by atoms with Gasteiger partial charge in [-0.15, -0.1) is 0 Å². The summed E-state index contributed by atoms with van der Waals surface area (Å²) in [7, 11) is 0. The lowest BCUT2D eigenvalue weighted by atomic mass is 9.97. The van der Waals surface area contributed by atoms with E-state index in [1.807, 2.05) is 60.7 Å². The molecule has 2 aliphatic heterocycles. The molecule has 7 rings (SSSR count). The van der Waals surface area contributed by atoms with Gasteiger partial charge in [-0.1, -0.05) is 84.9 Å². The van der Waals surface area contributed by atoms with E-state index in [1.165, 1.54) is 0 Å². The van der Waals surface area contributed by atoms with Gasteiger partial charge in [-0.25, -0.2) is 9.97 Å². The van der Waals surface area contributed by atoms with E-state index >= 15 is 0 Å². The molecule has 12 heteroatoms. The Morgan fingerprint density at radius 3 is 2.19 bits per heavy atom. The lowest BCUT2D eigenvalue weighted by molar-refractivity contribution is -0.253. The number of piperazine rings is 1. The molecule has 0 bridgehead atoms. The van der Waals surface area contributed by atoms with Crippen molar-refractivity contribution in [3.05, 3.63) is 138 Å². The average Bonchev–Trinajstić information content (AvgIpc) is 3.26. The van der Waals surface area contributed by atoms with Crippen molar-refractivity contribution in [3.63, 3.8) is 0 Å². The molecule has 57 heavy (non-hydrogen) atoms. The van der Waals surface area contributed by atoms with Crippen LogP contribution in [0.4, 0.5) is 17.3 Å². The van der Waals surface area contributed by atoms with Crippen LogP contribution in [0, 0.1) is 0 Å². The molecule has 0 aliphatic carbocycles. The van der Waals surface area contributed by atoms with Crippen molar-refractivity contribution in [2.75, 3.05) is 48.7 Å². The van der Waals surface area contributed by atoms with E-state index in [9.17, 15) is 14.7 Å². The van der Waals surface area contributed by atoms with Gasteiger partial charge < -0.3 is 35.8 Å². The van der Waals surface area contributed by atoms with E-state index in [0.717, 1.165) is 72.1 Å². The molecule has 5 aromatic rings. The van der Waals surface area contributed by atoms with Crippen molar-refractivity contribution >= 4 is 29.1 Å². The number of unbranched alkanes of at least 4 members (excludes halogenated alkanes) is 1. The number of nitrogen functional groups attached to an aromatic ring is 1. The van der Waals surface area contributed by atoms with Gasteiger partial charge in [0.05, 0.1) is 30.2 Å². The molecule has 2 aliphatic rings. The maximum absolute atomic E-state index is 12.8. The van der Waals surface area contributed by atoms with E-state index in [1.54, 1.807) is 24.5 Å². The number of para-hydroxylation sites is 2. The quantitative estimate of drug-likeness (QED) is 0.0695. The summed E-state index contributed by atoms with van der Waals surface area (Å²) in [6, 6.07) is 33.3. The lowest BCUT2D eigenvalue weighted by Gasteiger charge is -2.40. The zero-order chi connectivity index (χ0) is 39.4. The fourth-order valence-electron chi connectivity index (χ4n) is 7.36. The van der Waals surface area contributed by atoms with E-state index < -0.39 is 6.29 Å². The summed E-state index contributed by atoms with van der Waals surface area (Å²) in [5.74, 6) is 0.595. The summed E-state index contributed by atoms with van der Waals surface area (Å²) in [6.07, 6.45) is 5.36. The second kappa shape index (κ2) is 19.5. The number of anilines is 3. The highest BCUT2D eigenvalue weighted by atomic mass is 16.7. The summed E-state index contributed by atoms with van der Waals surface area (Å²) < 4.78 is 13.3. The Balaban J connectivity index is 0.948. The average molecular weight is 770 g/mol. The van der Waals surface area contributed by atoms with Gasteiger partial charge in [0.1, 0.15) is 0 Å². The number of hydrogen-bond donors (Lipinski definition) is 4. The smallest absolute Gasteiger partial charge is 0.225 e. The van der Waals surface area contributed by atoms with Crippen LogP contribution in [0.3, 0.4) is 0 Å². The zero-order valence-corrected chi connectivity index (χ0v) is 32.1. The monoisotopic (exact) mass is 769 g/mol. The topological polar surface area (TPSA) is 155 Å². The van der Waals surface area contributed by atoms with Gasteiger partial charge in [-0.2, -0.15) is 0 Å². The first-order valence-electron chi connectivity index (χ1n) is 19.8. The maximum Gasteiger partial charge on any atom is 0.225 e. The van der Waals surface area contributed by atoms with Crippen molar-refractivity contribution in [1.29, 1.82) is 0 Å². The van der Waals surface area contributed by atoms with Crippen LogP contribution in [0.1, 0.15) is 66.8 Å². The van der Waals surface area contributed by atoms with Crippen molar-refractivity contribution in [2.45, 2.75) is 63.8 Å². The molecule has 0 radical (unpaired) electrons. The number of nitrogens with zero attached hydrogens (tertiary/aromatic N) is 4. The molecule has 296 valence electrons. The van der Waals surface area contributed by atoms with E-state index in [-0.39, 0.29) is 30.6 Å². The molecule has 4 aromatic carbocycles. The molecule has 2 fully saturated rings. The molecule has 5 N–H and O–H groups in total. The van der Waals surface area contributed by atoms with Crippen LogP contribution < -0.4 is 21.3 Å². The van der Waals surface area contributed by atoms with Gasteiger partial charge in [0.25, 0.3) is 0 Å². The summed E-state index contributed by atoms with van der Waals surface area (Å²) in [4.78, 5) is 38.6. The number of ether oxygens (including phenoxy) is 2. The molecule has 3 atom stereocenters. The first-order valence-corrected chi connectivity index (χ1v) is 19.8. The van der Waals surface area contributed by atoms with E-state index in [4.69, 9.17) is 15.2 Å². The SMILES string of the molecule is Nc1ccccc1NC(=O)CCCCC(=O)NCc1ccccc1-c1ccc(C2OC(CN3CCN(c4ncccn4)CC3)CC(c3ccc(CO)cc3)O2)cc1. The van der Waals surface area contributed by atoms with Crippen LogP contribution in [-0.4, -0.2) is 70.6 Å². The maximum atomic E-state index is 12.8. The molecule has 0 spiro atoms. The van der Waals surface area contributed by atoms with Crippen molar-refractivity contribution in [2.24, 2.45) is 0 Å². The van der Waals surface area contributed by atoms with E-state index in [0.29, 0.717) is 50.0 Å². The third-order valence-corrected chi connectivity index (χ3v) is 10.6. The number of rotatable bonds is 15. The largest absolute Gasteiger partial charge is 0.397 e. The highest BCUT2D eigenvalue weighted by Crippen LogP contribution is 2.39. The Morgan fingerprint density at radius 1 is 0.772 bits per heavy atom. The summed E-state index contributed by atoms with van der Waals surface area (Å²) in [5.41, 5.74) is 13.0. The first kappa shape index (κ1) is 39.6. The number of carbonyl (C=O) groups excluding carboxylic acids is 2. The number of benzene rings is 4. The Hall–Kier alpha value is -5.66. The molecule has 2 saturated heterocycles. The molecular weight excluding hydrogens is 719 g/mol. The van der Waals surface area contributed by atoms with Crippen molar-refractivity contribution in [3.8, 4) is 11.1 Å². The second-order valence-electron chi connectivity index (χ2n) is 14.6.